The van der Waals surface area contributed by atoms with Gasteiger partial charge in [0.15, 0.2) is 5.58 Å². The van der Waals surface area contributed by atoms with Crippen molar-refractivity contribution in [1.29, 1.82) is 0 Å². The highest BCUT2D eigenvalue weighted by molar-refractivity contribution is 7.00. The molecule has 7 heteroatoms. The minimum absolute atomic E-state index is 0.0410. The van der Waals surface area contributed by atoms with Crippen LogP contribution in [-0.2, 0) is 10.8 Å². The van der Waals surface area contributed by atoms with Crippen molar-refractivity contribution in [3.05, 3.63) is 272 Å². The van der Waals surface area contributed by atoms with Gasteiger partial charge in [0, 0.05) is 78.4 Å². The second-order valence-electron chi connectivity index (χ2n) is 25.0. The SMILES string of the molecule is CC(C)(C)c1ccc(N2c3cc(N(c4ccccc4)c4cccc5c4oc4ccccc45)ccc3B3c4cc5oc6ccccc6c5cc4N(c4ccc(C(C)(C)C)cc4)c4cc(N(c5ccccc5)c5ccc6ccccc6c5)cc2c43)cc1. The summed E-state index contributed by atoms with van der Waals surface area (Å²) in [6.07, 6.45) is 0. The lowest BCUT2D eigenvalue weighted by molar-refractivity contribution is 0.590. The molecule has 12 aromatic carbocycles. The molecule has 0 bridgehead atoms. The van der Waals surface area contributed by atoms with Gasteiger partial charge in [-0.05, 0) is 164 Å². The molecule has 0 amide bonds. The van der Waals surface area contributed by atoms with Gasteiger partial charge < -0.3 is 28.4 Å². The summed E-state index contributed by atoms with van der Waals surface area (Å²) < 4.78 is 13.8. The average Bonchev–Trinajstić information content (AvgIpc) is 1.17. The molecule has 6 nitrogen and oxygen atoms in total. The van der Waals surface area contributed by atoms with E-state index < -0.39 is 0 Å². The fourth-order valence-corrected chi connectivity index (χ4v) is 13.5. The van der Waals surface area contributed by atoms with E-state index in [0.717, 1.165) is 112 Å². The average molecular weight is 1100 g/mol. The van der Waals surface area contributed by atoms with Crippen molar-refractivity contribution in [2.45, 2.75) is 52.4 Å². The summed E-state index contributed by atoms with van der Waals surface area (Å²) in [7, 11) is 0. The molecule has 0 radical (unpaired) electrons. The molecule has 0 saturated heterocycles. The van der Waals surface area contributed by atoms with Crippen molar-refractivity contribution < 1.29 is 8.83 Å². The number of anilines is 12. The van der Waals surface area contributed by atoms with Crippen LogP contribution >= 0.6 is 0 Å². The van der Waals surface area contributed by atoms with Gasteiger partial charge in [0.05, 0.1) is 11.4 Å². The predicted octanol–water partition coefficient (Wildman–Crippen LogP) is 20.3. The second-order valence-corrected chi connectivity index (χ2v) is 25.0. The van der Waals surface area contributed by atoms with Crippen LogP contribution in [-0.4, -0.2) is 6.71 Å². The smallest absolute Gasteiger partial charge is 0.252 e. The molecule has 0 saturated carbocycles. The molecular weight excluding hydrogens is 1040 g/mol. The molecule has 0 fully saturated rings. The molecule has 0 atom stereocenters. The topological polar surface area (TPSA) is 39.2 Å². The Labute approximate surface area is 496 Å². The zero-order chi connectivity index (χ0) is 57.3. The fourth-order valence-electron chi connectivity index (χ4n) is 13.5. The summed E-state index contributed by atoms with van der Waals surface area (Å²) in [5, 5.41) is 6.71. The lowest BCUT2D eigenvalue weighted by Gasteiger charge is -2.45. The van der Waals surface area contributed by atoms with E-state index in [9.17, 15) is 0 Å². The molecule has 2 aromatic heterocycles. The van der Waals surface area contributed by atoms with Crippen LogP contribution < -0.4 is 36.0 Å². The summed E-state index contributed by atoms with van der Waals surface area (Å²) in [6.45, 7) is 13.5. The largest absolute Gasteiger partial charge is 0.456 e. The van der Waals surface area contributed by atoms with E-state index in [-0.39, 0.29) is 17.5 Å². The second kappa shape index (κ2) is 19.2. The van der Waals surface area contributed by atoms with E-state index in [0.29, 0.717) is 0 Å². The Morgan fingerprint density at radius 2 is 0.835 bits per heavy atom. The number of para-hydroxylation sites is 5. The van der Waals surface area contributed by atoms with Crippen LogP contribution in [0.1, 0.15) is 52.7 Å². The predicted molar refractivity (Wildman–Crippen MR) is 359 cm³/mol. The third kappa shape index (κ3) is 8.24. The molecule has 14 aromatic rings. The Morgan fingerprint density at radius 1 is 0.329 bits per heavy atom. The number of nitrogens with zero attached hydrogens (tertiary/aromatic N) is 4. The first-order valence-corrected chi connectivity index (χ1v) is 29.6. The lowest BCUT2D eigenvalue weighted by Crippen LogP contribution is -2.61. The number of hydrogen-bond donors (Lipinski definition) is 0. The zero-order valence-corrected chi connectivity index (χ0v) is 48.5. The highest BCUT2D eigenvalue weighted by Gasteiger charge is 2.45. The molecule has 2 aliphatic heterocycles. The monoisotopic (exact) mass is 1100 g/mol. The maximum absolute atomic E-state index is 6.89. The van der Waals surface area contributed by atoms with Gasteiger partial charge in [0.25, 0.3) is 6.71 Å². The van der Waals surface area contributed by atoms with E-state index in [1.807, 2.05) is 6.07 Å². The van der Waals surface area contributed by atoms with Crippen molar-refractivity contribution in [2.24, 2.45) is 0 Å². The summed E-state index contributed by atoms with van der Waals surface area (Å²) in [4.78, 5) is 9.90. The lowest BCUT2D eigenvalue weighted by atomic mass is 9.33. The number of fused-ring (bicyclic) bond motifs is 11. The normalized spacial score (nSPS) is 13.0. The van der Waals surface area contributed by atoms with Gasteiger partial charge in [-0.15, -0.1) is 0 Å². The van der Waals surface area contributed by atoms with Gasteiger partial charge in [0.1, 0.15) is 16.7 Å². The van der Waals surface area contributed by atoms with Gasteiger partial charge in [-0.25, -0.2) is 0 Å². The zero-order valence-electron chi connectivity index (χ0n) is 48.5. The van der Waals surface area contributed by atoms with E-state index >= 15 is 0 Å². The van der Waals surface area contributed by atoms with Crippen LogP contribution in [0.15, 0.2) is 270 Å². The van der Waals surface area contributed by atoms with Crippen molar-refractivity contribution >= 4 is 146 Å². The first-order chi connectivity index (χ1) is 41.4. The van der Waals surface area contributed by atoms with Crippen molar-refractivity contribution in [3.63, 3.8) is 0 Å². The first kappa shape index (κ1) is 50.5. The summed E-state index contributed by atoms with van der Waals surface area (Å²) in [5.74, 6) is 0. The van der Waals surface area contributed by atoms with Crippen molar-refractivity contribution in [2.75, 3.05) is 19.6 Å². The third-order valence-corrected chi connectivity index (χ3v) is 17.7. The highest BCUT2D eigenvalue weighted by Crippen LogP contribution is 2.51. The first-order valence-electron chi connectivity index (χ1n) is 29.6. The molecular formula is C78H61BN4O2. The number of rotatable bonds is 8. The number of benzene rings is 12. The maximum Gasteiger partial charge on any atom is 0.252 e. The van der Waals surface area contributed by atoms with Crippen LogP contribution in [0.3, 0.4) is 0 Å². The molecule has 85 heavy (non-hydrogen) atoms. The van der Waals surface area contributed by atoms with Crippen LogP contribution in [0.25, 0.3) is 54.6 Å². The van der Waals surface area contributed by atoms with Crippen LogP contribution in [0, 0.1) is 0 Å². The fraction of sp³-hybridized carbons (Fsp3) is 0.103. The quantitative estimate of drug-likeness (QED) is 0.141. The number of furan rings is 2. The minimum atomic E-state index is -0.222. The Kier molecular flexibility index (Phi) is 11.4. The van der Waals surface area contributed by atoms with E-state index in [2.05, 4.69) is 316 Å². The Morgan fingerprint density at radius 3 is 1.47 bits per heavy atom. The Hall–Kier alpha value is -10.2. The Bertz CT molecular complexity index is 4940. The van der Waals surface area contributed by atoms with Gasteiger partial charge in [0.2, 0.25) is 0 Å². The molecule has 0 spiro atoms. The van der Waals surface area contributed by atoms with Gasteiger partial charge in [-0.3, -0.25) is 0 Å². The third-order valence-electron chi connectivity index (χ3n) is 17.7. The molecule has 16 rings (SSSR count). The maximum atomic E-state index is 6.89. The summed E-state index contributed by atoms with van der Waals surface area (Å²) >= 11 is 0. The minimum Gasteiger partial charge on any atom is -0.456 e. The van der Waals surface area contributed by atoms with E-state index in [1.165, 1.54) is 38.3 Å². The Balaban J connectivity index is 1.03. The van der Waals surface area contributed by atoms with Gasteiger partial charge in [-0.2, -0.15) is 0 Å². The summed E-state index contributed by atoms with van der Waals surface area (Å²) in [6, 6.07) is 95.8. The van der Waals surface area contributed by atoms with Crippen molar-refractivity contribution in [3.8, 4) is 0 Å². The van der Waals surface area contributed by atoms with Crippen molar-refractivity contribution in [1.82, 2.24) is 0 Å². The molecule has 408 valence electrons. The van der Waals surface area contributed by atoms with Crippen LogP contribution in [0.5, 0.6) is 0 Å². The van der Waals surface area contributed by atoms with Gasteiger partial charge in [-0.1, -0.05) is 187 Å². The number of hydrogen-bond acceptors (Lipinski definition) is 6. The molecule has 0 aliphatic carbocycles. The molecule has 4 heterocycles. The van der Waals surface area contributed by atoms with Gasteiger partial charge >= 0.3 is 0 Å². The van der Waals surface area contributed by atoms with E-state index in [1.54, 1.807) is 0 Å². The van der Waals surface area contributed by atoms with Crippen LogP contribution in [0.4, 0.5) is 68.2 Å². The molecule has 0 unspecified atom stereocenters. The highest BCUT2D eigenvalue weighted by atomic mass is 16.3. The molecule has 0 N–H and O–H groups in total. The molecule has 2 aliphatic rings. The standard InChI is InChI=1S/C78H61BN4O2/c1-77(2,3)52-33-38-56(39-34-52)82-68-45-59(81(55-24-11-8-12-25-55)67-29-19-28-63-61-26-15-18-31-73(61)85-76(63)67)42-43-65(68)79-66-49-74-64(62-27-16-17-30-72(62)84-74)48-69(66)83(57-40-35-53(36-41-57)78(4,5)6)71-47-60(46-70(82)75(71)79)80(54-22-9-7-10-23-54)58-37-32-50-20-13-14-21-51(50)44-58/h7-49H,1-6H3. The summed E-state index contributed by atoms with van der Waals surface area (Å²) in [5.41, 5.74) is 22.1. The van der Waals surface area contributed by atoms with E-state index in [4.69, 9.17) is 8.83 Å². The van der Waals surface area contributed by atoms with Crippen LogP contribution in [0.2, 0.25) is 0 Å².